The molecule has 1 N–H and O–H groups in total. The van der Waals surface area contributed by atoms with Crippen LogP contribution in [0.15, 0.2) is 0 Å². The third kappa shape index (κ3) is 2.98. The van der Waals surface area contributed by atoms with Crippen LogP contribution in [0.5, 0.6) is 0 Å². The summed E-state index contributed by atoms with van der Waals surface area (Å²) in [6, 6.07) is 0. The molecule has 5 nitrogen and oxygen atoms in total. The summed E-state index contributed by atoms with van der Waals surface area (Å²) in [7, 11) is 0. The van der Waals surface area contributed by atoms with E-state index in [9.17, 15) is 9.59 Å². The number of rotatable bonds is 5. The highest BCUT2D eigenvalue weighted by atomic mass is 16.7. The fourth-order valence-corrected chi connectivity index (χ4v) is 0.799. The number of carbonyl (C=O) groups excluding carboxylic acids is 1. The molecule has 0 atom stereocenters. The Morgan fingerprint density at radius 3 is 2.50 bits per heavy atom. The predicted molar refractivity (Wildman–Crippen MR) is 39.4 cm³/mol. The minimum absolute atomic E-state index is 0.119. The van der Waals surface area contributed by atoms with E-state index in [1.54, 1.807) is 5.06 Å². The van der Waals surface area contributed by atoms with Crippen molar-refractivity contribution in [1.82, 2.24) is 5.06 Å². The predicted octanol–water partition coefficient (Wildman–Crippen LogP) is -0.333. The number of carboxylic acids is 1. The summed E-state index contributed by atoms with van der Waals surface area (Å²) >= 11 is 0. The van der Waals surface area contributed by atoms with E-state index in [1.165, 1.54) is 0 Å². The maximum absolute atomic E-state index is 10.8. The van der Waals surface area contributed by atoms with Gasteiger partial charge in [0.2, 0.25) is 0 Å². The second kappa shape index (κ2) is 4.18. The largest absolute Gasteiger partial charge is 0.481 e. The third-order valence-corrected chi connectivity index (χ3v) is 1.57. The van der Waals surface area contributed by atoms with Crippen LogP contribution in [0.1, 0.15) is 12.8 Å². The minimum Gasteiger partial charge on any atom is -0.481 e. The molecule has 0 aromatic rings. The molecule has 0 radical (unpaired) electrons. The number of hydroxylamine groups is 2. The number of carbonyl (C=O) groups is 2. The second-order valence-corrected chi connectivity index (χ2v) is 2.67. The van der Waals surface area contributed by atoms with Gasteiger partial charge in [-0.15, -0.1) is 0 Å². The Hall–Kier alpha value is -0.940. The van der Waals surface area contributed by atoms with Crippen molar-refractivity contribution < 1.29 is 19.5 Å². The molecule has 1 aliphatic heterocycles. The number of ketones is 1. The number of aliphatic carboxylic acids is 1. The van der Waals surface area contributed by atoms with E-state index in [0.29, 0.717) is 0 Å². The second-order valence-electron chi connectivity index (χ2n) is 2.67. The van der Waals surface area contributed by atoms with Gasteiger partial charge in [0.1, 0.15) is 13.0 Å². The Labute approximate surface area is 69.9 Å². The van der Waals surface area contributed by atoms with Crippen LogP contribution in [0, 0.1) is 0 Å². The van der Waals surface area contributed by atoms with Crippen molar-refractivity contribution in [3.63, 3.8) is 0 Å². The number of Topliss-reactive ketones (excluding diaryl/α,β-unsaturated/α-hetero) is 1. The Balaban J connectivity index is 2.05. The molecule has 0 saturated carbocycles. The summed E-state index contributed by atoms with van der Waals surface area (Å²) in [6.07, 6.45) is 0.626. The van der Waals surface area contributed by atoms with Gasteiger partial charge in [-0.25, -0.2) is 0 Å². The molecule has 0 amide bonds. The monoisotopic (exact) mass is 173 g/mol. The molecular weight excluding hydrogens is 162 g/mol. The van der Waals surface area contributed by atoms with Crippen LogP contribution in [0.25, 0.3) is 0 Å². The molecule has 5 heteroatoms. The van der Waals surface area contributed by atoms with Crippen LogP contribution in [-0.4, -0.2) is 41.6 Å². The summed E-state index contributed by atoms with van der Waals surface area (Å²) in [6.45, 7) is 1.55. The molecule has 1 heterocycles. The summed E-state index contributed by atoms with van der Waals surface area (Å²) in [4.78, 5) is 25.8. The van der Waals surface area contributed by atoms with Gasteiger partial charge < -0.3 is 5.11 Å². The van der Waals surface area contributed by atoms with Crippen molar-refractivity contribution in [3.8, 4) is 0 Å². The maximum Gasteiger partial charge on any atom is 0.310 e. The lowest BCUT2D eigenvalue weighted by molar-refractivity contribution is -0.197. The van der Waals surface area contributed by atoms with E-state index in [0.717, 1.165) is 19.5 Å². The van der Waals surface area contributed by atoms with Gasteiger partial charge in [-0.1, -0.05) is 0 Å². The fraction of sp³-hybridized carbons (Fsp3) is 0.714. The molecule has 68 valence electrons. The Kier molecular flexibility index (Phi) is 3.19. The average molecular weight is 173 g/mol. The zero-order valence-corrected chi connectivity index (χ0v) is 6.65. The summed E-state index contributed by atoms with van der Waals surface area (Å²) in [5, 5.41) is 9.88. The Morgan fingerprint density at radius 2 is 2.08 bits per heavy atom. The van der Waals surface area contributed by atoms with Crippen molar-refractivity contribution >= 4 is 11.8 Å². The van der Waals surface area contributed by atoms with Crippen molar-refractivity contribution in [1.29, 1.82) is 0 Å². The third-order valence-electron chi connectivity index (χ3n) is 1.57. The normalized spacial score (nSPS) is 17.0. The molecule has 1 aliphatic rings. The quantitative estimate of drug-likeness (QED) is 0.576. The van der Waals surface area contributed by atoms with Crippen molar-refractivity contribution in [2.24, 2.45) is 0 Å². The van der Waals surface area contributed by atoms with E-state index in [-0.39, 0.29) is 6.61 Å². The van der Waals surface area contributed by atoms with Gasteiger partial charge in [0, 0.05) is 13.1 Å². The van der Waals surface area contributed by atoms with Gasteiger partial charge in [-0.05, 0) is 6.42 Å². The van der Waals surface area contributed by atoms with Crippen molar-refractivity contribution in [2.45, 2.75) is 12.8 Å². The van der Waals surface area contributed by atoms with Crippen LogP contribution in [0.3, 0.4) is 0 Å². The highest BCUT2D eigenvalue weighted by molar-refractivity contribution is 5.95. The van der Waals surface area contributed by atoms with Crippen molar-refractivity contribution in [3.05, 3.63) is 0 Å². The first kappa shape index (κ1) is 9.15. The lowest BCUT2D eigenvalue weighted by Gasteiger charge is -2.28. The zero-order chi connectivity index (χ0) is 8.97. The van der Waals surface area contributed by atoms with Gasteiger partial charge in [-0.2, -0.15) is 5.06 Å². The summed E-state index contributed by atoms with van der Waals surface area (Å²) in [5.74, 6) is -1.50. The molecule has 12 heavy (non-hydrogen) atoms. The molecular formula is C7H11NO4. The van der Waals surface area contributed by atoms with Gasteiger partial charge >= 0.3 is 5.97 Å². The molecule has 0 bridgehead atoms. The van der Waals surface area contributed by atoms with Gasteiger partial charge in [-0.3, -0.25) is 14.4 Å². The minimum atomic E-state index is -1.10. The standard InChI is InChI=1S/C7H11NO4/c9-6(4-7(10)11)5-12-8-2-1-3-8/h1-5H2,(H,10,11). The van der Waals surface area contributed by atoms with E-state index in [1.807, 2.05) is 0 Å². The van der Waals surface area contributed by atoms with Crippen molar-refractivity contribution in [2.75, 3.05) is 19.7 Å². The number of hydrogen-bond acceptors (Lipinski definition) is 4. The Morgan fingerprint density at radius 1 is 1.42 bits per heavy atom. The smallest absolute Gasteiger partial charge is 0.310 e. The SMILES string of the molecule is O=C(O)CC(=O)CON1CCC1. The molecule has 0 aromatic carbocycles. The topological polar surface area (TPSA) is 66.8 Å². The summed E-state index contributed by atoms with van der Waals surface area (Å²) < 4.78 is 0. The van der Waals surface area contributed by atoms with Crippen LogP contribution in [0.4, 0.5) is 0 Å². The molecule has 0 aromatic heterocycles. The lowest BCUT2D eigenvalue weighted by Crippen LogP contribution is -2.38. The molecule has 1 rings (SSSR count). The van der Waals surface area contributed by atoms with E-state index < -0.39 is 18.2 Å². The first-order chi connectivity index (χ1) is 5.68. The number of hydrogen-bond donors (Lipinski definition) is 1. The molecule has 1 fully saturated rings. The van der Waals surface area contributed by atoms with Crippen LogP contribution in [0.2, 0.25) is 0 Å². The van der Waals surface area contributed by atoms with Crippen LogP contribution < -0.4 is 0 Å². The maximum atomic E-state index is 10.8. The van der Waals surface area contributed by atoms with Crippen LogP contribution in [-0.2, 0) is 14.4 Å². The van der Waals surface area contributed by atoms with Crippen LogP contribution >= 0.6 is 0 Å². The molecule has 1 saturated heterocycles. The van der Waals surface area contributed by atoms with E-state index in [4.69, 9.17) is 9.94 Å². The number of nitrogens with zero attached hydrogens (tertiary/aromatic N) is 1. The fourth-order valence-electron chi connectivity index (χ4n) is 0.799. The zero-order valence-electron chi connectivity index (χ0n) is 6.65. The van der Waals surface area contributed by atoms with Gasteiger partial charge in [0.05, 0.1) is 0 Å². The molecule has 0 spiro atoms. The van der Waals surface area contributed by atoms with E-state index >= 15 is 0 Å². The van der Waals surface area contributed by atoms with Gasteiger partial charge in [0.25, 0.3) is 0 Å². The molecule has 0 aliphatic carbocycles. The highest BCUT2D eigenvalue weighted by Gasteiger charge is 2.16. The number of carboxylic acid groups (broad SMARTS) is 1. The van der Waals surface area contributed by atoms with E-state index in [2.05, 4.69) is 0 Å². The Bertz CT molecular complexity index is 188. The first-order valence-electron chi connectivity index (χ1n) is 3.80. The van der Waals surface area contributed by atoms with Gasteiger partial charge in [0.15, 0.2) is 5.78 Å². The highest BCUT2D eigenvalue weighted by Crippen LogP contribution is 2.05. The first-order valence-corrected chi connectivity index (χ1v) is 3.80. The lowest BCUT2D eigenvalue weighted by atomic mass is 10.3. The summed E-state index contributed by atoms with van der Waals surface area (Å²) in [5.41, 5.74) is 0. The average Bonchev–Trinajstić information content (AvgIpc) is 1.81. The molecule has 0 unspecified atom stereocenters.